The topological polar surface area (TPSA) is 47.9 Å². The zero-order valence-electron chi connectivity index (χ0n) is 16.7. The molecule has 1 N–H and O–H groups in total. The molecule has 0 bridgehead atoms. The Hall–Kier alpha value is -0.383. The second kappa shape index (κ2) is 8.33. The lowest BCUT2D eigenvalue weighted by molar-refractivity contribution is -0.145. The lowest BCUT2D eigenvalue weighted by atomic mass is 10.1. The molecule has 140 valence electrons. The van der Waals surface area contributed by atoms with Gasteiger partial charge in [-0.05, 0) is 38.4 Å². The summed E-state index contributed by atoms with van der Waals surface area (Å²) in [5.41, 5.74) is 0. The highest BCUT2D eigenvalue weighted by molar-refractivity contribution is 6.74. The summed E-state index contributed by atoms with van der Waals surface area (Å²) in [6.07, 6.45) is 1.55. The molecule has 4 nitrogen and oxygen atoms in total. The van der Waals surface area contributed by atoms with Crippen LogP contribution >= 0.6 is 0 Å². The van der Waals surface area contributed by atoms with Gasteiger partial charge in [0.2, 0.25) is 0 Å². The molecule has 1 aliphatic heterocycles. The SMILES string of the molecule is CCCC[C@H](O)C#C[C@@H]1OC(C)(C)O[C@H]1CO[Si](C)(C)C(C)(C)C. The molecule has 0 radical (unpaired) electrons. The van der Waals surface area contributed by atoms with Crippen LogP contribution in [0.5, 0.6) is 0 Å². The Morgan fingerprint density at radius 1 is 1.25 bits per heavy atom. The first kappa shape index (κ1) is 21.7. The Balaban J connectivity index is 2.72. The smallest absolute Gasteiger partial charge is 0.192 e. The molecule has 0 aromatic heterocycles. The Bertz CT molecular complexity index is 456. The van der Waals surface area contributed by atoms with Crippen molar-refractivity contribution in [3.05, 3.63) is 0 Å². The van der Waals surface area contributed by atoms with Gasteiger partial charge < -0.3 is 19.0 Å². The van der Waals surface area contributed by atoms with Crippen molar-refractivity contribution in [2.45, 2.75) is 103 Å². The van der Waals surface area contributed by atoms with Gasteiger partial charge in [0.05, 0.1) is 6.61 Å². The molecule has 0 saturated carbocycles. The molecule has 1 fully saturated rings. The van der Waals surface area contributed by atoms with Gasteiger partial charge in [-0.15, -0.1) is 0 Å². The normalized spacial score (nSPS) is 25.2. The maximum Gasteiger partial charge on any atom is 0.192 e. The predicted octanol–water partition coefficient (Wildman–Crippen LogP) is 4.08. The van der Waals surface area contributed by atoms with Gasteiger partial charge in [-0.3, -0.25) is 0 Å². The minimum absolute atomic E-state index is 0.152. The van der Waals surface area contributed by atoms with Gasteiger partial charge in [-0.1, -0.05) is 52.4 Å². The summed E-state index contributed by atoms with van der Waals surface area (Å²) in [6, 6.07) is 0. The highest BCUT2D eigenvalue weighted by Crippen LogP contribution is 2.37. The van der Waals surface area contributed by atoms with Crippen molar-refractivity contribution in [1.29, 1.82) is 0 Å². The molecule has 24 heavy (non-hydrogen) atoms. The van der Waals surface area contributed by atoms with E-state index < -0.39 is 20.2 Å². The molecule has 1 heterocycles. The van der Waals surface area contributed by atoms with Crippen molar-refractivity contribution in [2.75, 3.05) is 6.61 Å². The van der Waals surface area contributed by atoms with Crippen molar-refractivity contribution in [1.82, 2.24) is 0 Å². The number of hydrogen-bond donors (Lipinski definition) is 1. The highest BCUT2D eigenvalue weighted by atomic mass is 28.4. The highest BCUT2D eigenvalue weighted by Gasteiger charge is 2.43. The summed E-state index contributed by atoms with van der Waals surface area (Å²) in [5.74, 6) is 5.30. The summed E-state index contributed by atoms with van der Waals surface area (Å²) >= 11 is 0. The summed E-state index contributed by atoms with van der Waals surface area (Å²) < 4.78 is 18.1. The van der Waals surface area contributed by atoms with Crippen molar-refractivity contribution >= 4 is 8.32 Å². The monoisotopic (exact) mass is 356 g/mol. The van der Waals surface area contributed by atoms with Gasteiger partial charge >= 0.3 is 0 Å². The second-order valence-corrected chi connectivity index (χ2v) is 13.4. The number of aliphatic hydroxyl groups excluding tert-OH is 1. The van der Waals surface area contributed by atoms with Crippen LogP contribution in [-0.2, 0) is 13.9 Å². The van der Waals surface area contributed by atoms with Crippen molar-refractivity contribution in [3.63, 3.8) is 0 Å². The standard InChI is InChI=1S/C19H36O4Si/c1-9-10-11-15(20)12-13-16-17(23-19(5,6)22-16)14-21-24(7,8)18(2,3)4/h15-17,20H,9-11,14H2,1-8H3/t15-,16-,17-/m0/s1. The van der Waals surface area contributed by atoms with E-state index >= 15 is 0 Å². The van der Waals surface area contributed by atoms with E-state index in [1.54, 1.807) is 0 Å². The van der Waals surface area contributed by atoms with Crippen molar-refractivity contribution in [2.24, 2.45) is 0 Å². The molecule has 1 saturated heterocycles. The lowest BCUT2D eigenvalue weighted by Crippen LogP contribution is -2.44. The van der Waals surface area contributed by atoms with Crippen LogP contribution in [0, 0.1) is 11.8 Å². The third kappa shape index (κ3) is 6.49. The van der Waals surface area contributed by atoms with Gasteiger partial charge in [0, 0.05) is 0 Å². The molecule has 0 aliphatic carbocycles. The van der Waals surface area contributed by atoms with Gasteiger partial charge in [0.15, 0.2) is 14.1 Å². The summed E-state index contributed by atoms with van der Waals surface area (Å²) in [7, 11) is -1.84. The zero-order valence-corrected chi connectivity index (χ0v) is 17.7. The molecule has 0 amide bonds. The molecular formula is C19H36O4Si. The van der Waals surface area contributed by atoms with Crippen LogP contribution in [0.4, 0.5) is 0 Å². The molecule has 0 spiro atoms. The van der Waals surface area contributed by atoms with E-state index in [9.17, 15) is 5.11 Å². The number of unbranched alkanes of at least 4 members (excludes halogenated alkanes) is 1. The maximum atomic E-state index is 9.93. The number of aliphatic hydroxyl groups is 1. The fraction of sp³-hybridized carbons (Fsp3) is 0.895. The van der Waals surface area contributed by atoms with Gasteiger partial charge in [-0.25, -0.2) is 0 Å². The van der Waals surface area contributed by atoms with E-state index in [2.05, 4.69) is 52.6 Å². The quantitative estimate of drug-likeness (QED) is 0.575. The molecule has 0 unspecified atom stereocenters. The second-order valence-electron chi connectivity index (χ2n) is 8.61. The van der Waals surface area contributed by atoms with E-state index in [1.165, 1.54) is 0 Å². The minimum atomic E-state index is -1.84. The van der Waals surface area contributed by atoms with Crippen LogP contribution in [-0.4, -0.2) is 44.1 Å². The Labute approximate surface area is 149 Å². The molecule has 1 aliphatic rings. The van der Waals surface area contributed by atoms with Crippen LogP contribution in [0.3, 0.4) is 0 Å². The third-order valence-corrected chi connectivity index (χ3v) is 9.32. The Morgan fingerprint density at radius 2 is 1.88 bits per heavy atom. The lowest BCUT2D eigenvalue weighted by Gasteiger charge is -2.37. The molecule has 0 aromatic carbocycles. The average molecular weight is 357 g/mol. The van der Waals surface area contributed by atoms with Crippen LogP contribution < -0.4 is 0 Å². The van der Waals surface area contributed by atoms with Crippen molar-refractivity contribution in [3.8, 4) is 11.8 Å². The summed E-state index contributed by atoms with van der Waals surface area (Å²) in [6.45, 7) is 17.5. The molecule has 5 heteroatoms. The Kier molecular flexibility index (Phi) is 7.52. The molecule has 0 aromatic rings. The van der Waals surface area contributed by atoms with E-state index in [0.29, 0.717) is 13.0 Å². The number of ether oxygens (including phenoxy) is 2. The van der Waals surface area contributed by atoms with Crippen LogP contribution in [0.15, 0.2) is 0 Å². The van der Waals surface area contributed by atoms with Gasteiger partial charge in [0.25, 0.3) is 0 Å². The van der Waals surface area contributed by atoms with E-state index in [4.69, 9.17) is 13.9 Å². The summed E-state index contributed by atoms with van der Waals surface area (Å²) in [5, 5.41) is 10.1. The minimum Gasteiger partial charge on any atom is -0.414 e. The summed E-state index contributed by atoms with van der Waals surface area (Å²) in [4.78, 5) is 0. The predicted molar refractivity (Wildman–Crippen MR) is 100 cm³/mol. The third-order valence-electron chi connectivity index (χ3n) is 4.82. The fourth-order valence-corrected chi connectivity index (χ4v) is 3.25. The molecule has 3 atom stereocenters. The largest absolute Gasteiger partial charge is 0.414 e. The number of rotatable bonds is 6. The number of hydrogen-bond acceptors (Lipinski definition) is 4. The molecule has 1 rings (SSSR count). The van der Waals surface area contributed by atoms with Crippen LogP contribution in [0.25, 0.3) is 0 Å². The van der Waals surface area contributed by atoms with E-state index in [-0.39, 0.29) is 17.2 Å². The molecular weight excluding hydrogens is 320 g/mol. The first-order valence-corrected chi connectivity index (χ1v) is 12.0. The first-order chi connectivity index (χ1) is 10.9. The maximum absolute atomic E-state index is 9.93. The van der Waals surface area contributed by atoms with Crippen LogP contribution in [0.1, 0.15) is 60.8 Å². The fourth-order valence-electron chi connectivity index (χ4n) is 2.23. The van der Waals surface area contributed by atoms with Crippen LogP contribution in [0.2, 0.25) is 18.1 Å². The van der Waals surface area contributed by atoms with E-state index in [0.717, 1.165) is 12.8 Å². The Morgan fingerprint density at radius 3 is 2.42 bits per heavy atom. The zero-order chi connectivity index (χ0) is 18.6. The van der Waals surface area contributed by atoms with Crippen molar-refractivity contribution < 1.29 is 19.0 Å². The van der Waals surface area contributed by atoms with E-state index in [1.807, 2.05) is 13.8 Å². The average Bonchev–Trinajstić information content (AvgIpc) is 2.74. The van der Waals surface area contributed by atoms with Gasteiger partial charge in [0.1, 0.15) is 18.3 Å². The van der Waals surface area contributed by atoms with Gasteiger partial charge in [-0.2, -0.15) is 0 Å². The first-order valence-electron chi connectivity index (χ1n) is 9.06.